The first kappa shape index (κ1) is 26.7. The van der Waals surface area contributed by atoms with Crippen molar-refractivity contribution in [2.45, 2.75) is 20.0 Å². The molecule has 7 nitrogen and oxygen atoms in total. The molecule has 0 fully saturated rings. The van der Waals surface area contributed by atoms with Gasteiger partial charge in [-0.2, -0.15) is 0 Å². The number of aryl methyl sites for hydroxylation is 1. The van der Waals surface area contributed by atoms with Crippen LogP contribution in [0.1, 0.15) is 43.0 Å². The normalized spacial score (nSPS) is 11.3. The van der Waals surface area contributed by atoms with Crippen molar-refractivity contribution in [1.82, 2.24) is 4.98 Å². The van der Waals surface area contributed by atoms with Crippen molar-refractivity contribution in [2.24, 2.45) is 5.73 Å². The van der Waals surface area contributed by atoms with Crippen molar-refractivity contribution in [3.8, 4) is 16.2 Å². The van der Waals surface area contributed by atoms with Gasteiger partial charge in [-0.15, -0.1) is 22.7 Å². The lowest BCUT2D eigenvalue weighted by atomic mass is 10.1. The van der Waals surface area contributed by atoms with Crippen molar-refractivity contribution in [1.29, 1.82) is 0 Å². The molecule has 0 unspecified atom stereocenters. The molecule has 2 amide bonds. The summed E-state index contributed by atoms with van der Waals surface area (Å²) in [6, 6.07) is 11.4. The van der Waals surface area contributed by atoms with E-state index in [0.29, 0.717) is 15.8 Å². The number of ether oxygens (including phenoxy) is 1. The van der Waals surface area contributed by atoms with Gasteiger partial charge in [0.15, 0.2) is 5.76 Å². The van der Waals surface area contributed by atoms with E-state index in [2.05, 4.69) is 10.3 Å². The Bertz CT molecular complexity index is 1730. The molecule has 3 N–H and O–H groups in total. The minimum Gasteiger partial charge on any atom is -0.484 e. The van der Waals surface area contributed by atoms with Gasteiger partial charge in [-0.05, 0) is 55.5 Å². The number of primary amides is 1. The van der Waals surface area contributed by atoms with Crippen LogP contribution in [-0.2, 0) is 6.61 Å². The standard InChI is InChI=1S/C26H17ClF3N3O4S2/c1-11-2-7-19(38-11)14-9-16(23(29)30)32-26-20(14)21(22(39-26)24(31)34)33-25(35)18-6-4-13(37-18)10-36-17-5-3-12(28)8-15(17)27/h2-9,23H,10H2,1H3,(H2,31,34)(H,33,35). The number of aromatic nitrogens is 1. The summed E-state index contributed by atoms with van der Waals surface area (Å²) in [5, 5.41) is 3.04. The molecule has 0 radical (unpaired) electrons. The molecular formula is C26H17ClF3N3O4S2. The van der Waals surface area contributed by atoms with Crippen molar-refractivity contribution in [3.63, 3.8) is 0 Å². The Labute approximate surface area is 232 Å². The number of nitrogens with two attached hydrogens (primary N) is 1. The number of fused-ring (bicyclic) bond motifs is 1. The second-order valence-electron chi connectivity index (χ2n) is 8.24. The topological polar surface area (TPSA) is 107 Å². The molecule has 0 aliphatic carbocycles. The summed E-state index contributed by atoms with van der Waals surface area (Å²) in [5.41, 5.74) is 5.55. The third kappa shape index (κ3) is 5.49. The molecule has 0 bridgehead atoms. The highest BCUT2D eigenvalue weighted by molar-refractivity contribution is 7.21. The summed E-state index contributed by atoms with van der Waals surface area (Å²) in [6.45, 7) is 1.77. The predicted octanol–water partition coefficient (Wildman–Crippen LogP) is 7.59. The number of pyridine rings is 1. The second kappa shape index (κ2) is 10.7. The number of rotatable bonds is 8. The number of carbonyl (C=O) groups excluding carboxylic acids is 2. The molecule has 200 valence electrons. The van der Waals surface area contributed by atoms with Crippen LogP contribution in [0.4, 0.5) is 18.9 Å². The first-order valence-corrected chi connectivity index (χ1v) is 13.2. The van der Waals surface area contributed by atoms with E-state index in [1.807, 2.05) is 13.0 Å². The van der Waals surface area contributed by atoms with E-state index in [0.717, 1.165) is 22.3 Å². The molecule has 13 heteroatoms. The average Bonchev–Trinajstić information content (AvgIpc) is 3.62. The maximum atomic E-state index is 13.6. The summed E-state index contributed by atoms with van der Waals surface area (Å²) < 4.78 is 51.6. The van der Waals surface area contributed by atoms with Gasteiger partial charge in [0, 0.05) is 20.7 Å². The zero-order valence-electron chi connectivity index (χ0n) is 19.9. The number of hydrogen-bond donors (Lipinski definition) is 2. The lowest BCUT2D eigenvalue weighted by Crippen LogP contribution is -2.16. The van der Waals surface area contributed by atoms with Crippen LogP contribution in [0.15, 0.2) is 52.9 Å². The number of nitrogens with zero attached hydrogens (tertiary/aromatic N) is 1. The lowest BCUT2D eigenvalue weighted by molar-refractivity contribution is 0.0992. The lowest BCUT2D eigenvalue weighted by Gasteiger charge is -2.09. The number of benzene rings is 1. The zero-order chi connectivity index (χ0) is 27.8. The van der Waals surface area contributed by atoms with E-state index in [9.17, 15) is 22.8 Å². The summed E-state index contributed by atoms with van der Waals surface area (Å²) in [5.74, 6) is -1.70. The number of hydrogen-bond acceptors (Lipinski definition) is 7. The van der Waals surface area contributed by atoms with Gasteiger partial charge in [0.05, 0.1) is 10.7 Å². The van der Waals surface area contributed by atoms with Crippen LogP contribution in [0.2, 0.25) is 5.02 Å². The Morgan fingerprint density at radius 3 is 2.62 bits per heavy atom. The number of amides is 2. The van der Waals surface area contributed by atoms with Gasteiger partial charge in [0.25, 0.3) is 18.2 Å². The minimum absolute atomic E-state index is 0.0483. The Morgan fingerprint density at radius 2 is 1.95 bits per heavy atom. The van der Waals surface area contributed by atoms with Gasteiger partial charge < -0.3 is 20.2 Å². The predicted molar refractivity (Wildman–Crippen MR) is 144 cm³/mol. The van der Waals surface area contributed by atoms with Crippen molar-refractivity contribution in [2.75, 3.05) is 5.32 Å². The van der Waals surface area contributed by atoms with Gasteiger partial charge in [0.2, 0.25) is 0 Å². The Hall–Kier alpha value is -3.87. The number of carbonyl (C=O) groups is 2. The summed E-state index contributed by atoms with van der Waals surface area (Å²) in [7, 11) is 0. The molecule has 0 aliphatic rings. The van der Waals surface area contributed by atoms with Crippen molar-refractivity contribution in [3.05, 3.63) is 86.3 Å². The Morgan fingerprint density at radius 1 is 1.15 bits per heavy atom. The molecule has 0 saturated carbocycles. The van der Waals surface area contributed by atoms with Gasteiger partial charge >= 0.3 is 0 Å². The molecule has 5 aromatic rings. The third-order valence-electron chi connectivity index (χ3n) is 5.52. The first-order valence-electron chi connectivity index (χ1n) is 11.2. The maximum absolute atomic E-state index is 13.6. The highest BCUT2D eigenvalue weighted by Gasteiger charge is 2.26. The van der Waals surface area contributed by atoms with Gasteiger partial charge in [0.1, 0.15) is 39.3 Å². The number of thiophene rings is 2. The highest BCUT2D eigenvalue weighted by atomic mass is 35.5. The quantitative estimate of drug-likeness (QED) is 0.193. The summed E-state index contributed by atoms with van der Waals surface area (Å²) >= 11 is 8.14. The molecule has 0 aliphatic heterocycles. The second-order valence-corrected chi connectivity index (χ2v) is 10.9. The molecule has 0 spiro atoms. The number of alkyl halides is 2. The van der Waals surface area contributed by atoms with E-state index >= 15 is 0 Å². The highest BCUT2D eigenvalue weighted by Crippen LogP contribution is 2.44. The van der Waals surface area contributed by atoms with E-state index in [4.69, 9.17) is 26.5 Å². The van der Waals surface area contributed by atoms with Gasteiger partial charge in [-0.25, -0.2) is 18.2 Å². The van der Waals surface area contributed by atoms with Crippen LogP contribution in [0.3, 0.4) is 0 Å². The Balaban J connectivity index is 1.48. The molecule has 1 aromatic carbocycles. The number of furan rings is 1. The minimum atomic E-state index is -2.85. The summed E-state index contributed by atoms with van der Waals surface area (Å²) in [6.07, 6.45) is -2.85. The van der Waals surface area contributed by atoms with Crippen LogP contribution in [0, 0.1) is 12.7 Å². The van der Waals surface area contributed by atoms with Crippen molar-refractivity contribution >= 4 is 62.0 Å². The van der Waals surface area contributed by atoms with Crippen LogP contribution in [0.5, 0.6) is 5.75 Å². The molecular weight excluding hydrogens is 575 g/mol. The van der Waals surface area contributed by atoms with Crippen LogP contribution in [0.25, 0.3) is 20.7 Å². The molecule has 4 aromatic heterocycles. The molecule has 39 heavy (non-hydrogen) atoms. The molecule has 0 atom stereocenters. The largest absolute Gasteiger partial charge is 0.484 e. The molecule has 5 rings (SSSR count). The fraction of sp³-hybridized carbons (Fsp3) is 0.115. The van der Waals surface area contributed by atoms with E-state index in [-0.39, 0.29) is 44.3 Å². The van der Waals surface area contributed by atoms with E-state index < -0.39 is 29.8 Å². The SMILES string of the molecule is Cc1ccc(-c2cc(C(F)F)nc3sc(C(N)=O)c(NC(=O)c4ccc(COc5ccc(F)cc5Cl)o4)c23)s1. The monoisotopic (exact) mass is 591 g/mol. The van der Waals surface area contributed by atoms with Crippen LogP contribution in [-0.4, -0.2) is 16.8 Å². The van der Waals surface area contributed by atoms with Gasteiger partial charge in [-0.1, -0.05) is 11.6 Å². The Kier molecular flexibility index (Phi) is 7.34. The first-order chi connectivity index (χ1) is 18.6. The van der Waals surface area contributed by atoms with Crippen molar-refractivity contribution < 1.29 is 31.9 Å². The third-order valence-corrected chi connectivity index (χ3v) is 7.95. The smallest absolute Gasteiger partial charge is 0.291 e. The number of halogens is 4. The maximum Gasteiger partial charge on any atom is 0.291 e. The van der Waals surface area contributed by atoms with Gasteiger partial charge in [-0.3, -0.25) is 9.59 Å². The average molecular weight is 592 g/mol. The fourth-order valence-corrected chi connectivity index (χ4v) is 5.92. The fourth-order valence-electron chi connectivity index (χ4n) is 3.79. The van der Waals surface area contributed by atoms with Crippen LogP contribution < -0.4 is 15.8 Å². The summed E-state index contributed by atoms with van der Waals surface area (Å²) in [4.78, 5) is 31.1. The van der Waals surface area contributed by atoms with E-state index in [1.54, 1.807) is 6.07 Å². The number of anilines is 1. The molecule has 0 saturated heterocycles. The van der Waals surface area contributed by atoms with E-state index in [1.165, 1.54) is 41.7 Å². The number of nitrogens with one attached hydrogen (secondary N) is 1. The van der Waals surface area contributed by atoms with Crippen LogP contribution >= 0.6 is 34.3 Å². The zero-order valence-corrected chi connectivity index (χ0v) is 22.3. The molecule has 4 heterocycles.